The van der Waals surface area contributed by atoms with Crippen LogP contribution in [0.15, 0.2) is 27.4 Å². The topological polar surface area (TPSA) is 43.1 Å². The zero-order chi connectivity index (χ0) is 11.7. The van der Waals surface area contributed by atoms with Crippen molar-refractivity contribution in [3.8, 4) is 11.3 Å². The highest BCUT2D eigenvalue weighted by molar-refractivity contribution is 9.10. The average Bonchev–Trinajstić information content (AvgIpc) is 2.58. The lowest BCUT2D eigenvalue weighted by Crippen LogP contribution is -1.85. The molecule has 0 unspecified atom stereocenters. The highest BCUT2D eigenvalue weighted by Gasteiger charge is 2.15. The summed E-state index contributed by atoms with van der Waals surface area (Å²) in [5.74, 6) is 0. The van der Waals surface area contributed by atoms with Gasteiger partial charge in [-0.2, -0.15) is 0 Å². The molecule has 2 rings (SSSR count). The van der Waals surface area contributed by atoms with E-state index in [4.69, 9.17) is 27.7 Å². The molecule has 82 valence electrons. The summed E-state index contributed by atoms with van der Waals surface area (Å²) in [7, 11) is 0. The Balaban J connectivity index is 2.62. The number of hydrogen-bond donors (Lipinski definition) is 0. The van der Waals surface area contributed by atoms with E-state index in [9.17, 15) is 4.79 Å². The highest BCUT2D eigenvalue weighted by Crippen LogP contribution is 2.31. The lowest BCUT2D eigenvalue weighted by atomic mass is 10.1. The van der Waals surface area contributed by atoms with Crippen molar-refractivity contribution in [2.24, 2.45) is 0 Å². The summed E-state index contributed by atoms with van der Waals surface area (Å²) in [5, 5.41) is 4.71. The van der Waals surface area contributed by atoms with Gasteiger partial charge in [-0.1, -0.05) is 28.4 Å². The number of carbonyl (C=O) groups excluding carboxylic acids is 1. The molecule has 0 bridgehead atoms. The van der Waals surface area contributed by atoms with Crippen LogP contribution in [-0.2, 0) is 0 Å². The molecule has 0 N–H and O–H groups in total. The summed E-state index contributed by atoms with van der Waals surface area (Å²) >= 11 is 14.8. The molecule has 0 amide bonds. The largest absolute Gasteiger partial charge is 0.348 e. The van der Waals surface area contributed by atoms with Crippen LogP contribution in [0.25, 0.3) is 11.3 Å². The summed E-state index contributed by atoms with van der Waals surface area (Å²) < 4.78 is 5.16. The number of benzene rings is 1. The molecule has 6 heteroatoms. The third-order valence-electron chi connectivity index (χ3n) is 1.94. The third kappa shape index (κ3) is 2.14. The van der Waals surface area contributed by atoms with Crippen LogP contribution in [0.2, 0.25) is 10.0 Å². The van der Waals surface area contributed by atoms with E-state index < -0.39 is 0 Å². The van der Waals surface area contributed by atoms with E-state index in [2.05, 4.69) is 21.1 Å². The quantitative estimate of drug-likeness (QED) is 0.778. The zero-order valence-corrected chi connectivity index (χ0v) is 10.8. The van der Waals surface area contributed by atoms with E-state index in [-0.39, 0.29) is 4.67 Å². The van der Waals surface area contributed by atoms with Gasteiger partial charge in [0.1, 0.15) is 5.69 Å². The molecule has 0 radical (unpaired) electrons. The van der Waals surface area contributed by atoms with Gasteiger partial charge >= 0.3 is 0 Å². The van der Waals surface area contributed by atoms with Gasteiger partial charge < -0.3 is 4.52 Å². The minimum Gasteiger partial charge on any atom is -0.348 e. The van der Waals surface area contributed by atoms with Gasteiger partial charge in [-0.15, -0.1) is 0 Å². The molecular weight excluding hydrogens is 317 g/mol. The number of halogens is 3. The summed E-state index contributed by atoms with van der Waals surface area (Å²) in [6, 6.07) is 4.91. The van der Waals surface area contributed by atoms with Gasteiger partial charge in [0.05, 0.1) is 5.56 Å². The van der Waals surface area contributed by atoms with E-state index in [0.29, 0.717) is 33.2 Å². The van der Waals surface area contributed by atoms with Crippen molar-refractivity contribution in [1.29, 1.82) is 0 Å². The van der Waals surface area contributed by atoms with Crippen molar-refractivity contribution < 1.29 is 9.32 Å². The van der Waals surface area contributed by atoms with Gasteiger partial charge in [-0.05, 0) is 34.1 Å². The second-order valence-corrected chi connectivity index (χ2v) is 4.59. The van der Waals surface area contributed by atoms with Crippen LogP contribution in [0.3, 0.4) is 0 Å². The SMILES string of the molecule is O=Cc1c(-c2cc(Cl)cc(Cl)c2)noc1Br. The van der Waals surface area contributed by atoms with Gasteiger partial charge in [0.2, 0.25) is 4.67 Å². The number of aromatic nitrogens is 1. The van der Waals surface area contributed by atoms with E-state index in [1.165, 1.54) is 0 Å². The number of carbonyl (C=O) groups is 1. The lowest BCUT2D eigenvalue weighted by molar-refractivity contribution is 0.112. The number of hydrogen-bond acceptors (Lipinski definition) is 3. The first kappa shape index (κ1) is 11.6. The van der Waals surface area contributed by atoms with Crippen molar-refractivity contribution >= 4 is 45.4 Å². The summed E-state index contributed by atoms with van der Waals surface area (Å²) in [6.07, 6.45) is 0.657. The Morgan fingerprint density at radius 3 is 2.44 bits per heavy atom. The van der Waals surface area contributed by atoms with Crippen molar-refractivity contribution in [3.05, 3.63) is 38.5 Å². The lowest BCUT2D eigenvalue weighted by Gasteiger charge is -1.99. The average molecular weight is 321 g/mol. The maximum atomic E-state index is 10.9. The van der Waals surface area contributed by atoms with Gasteiger partial charge in [0, 0.05) is 15.6 Å². The minimum atomic E-state index is 0.286. The first-order chi connectivity index (χ1) is 7.61. The van der Waals surface area contributed by atoms with Crippen molar-refractivity contribution in [1.82, 2.24) is 5.16 Å². The fourth-order valence-electron chi connectivity index (χ4n) is 1.28. The molecule has 1 aromatic heterocycles. The van der Waals surface area contributed by atoms with Crippen LogP contribution in [0.1, 0.15) is 10.4 Å². The second kappa shape index (κ2) is 4.57. The third-order valence-corrected chi connectivity index (χ3v) is 2.95. The maximum Gasteiger partial charge on any atom is 0.213 e. The van der Waals surface area contributed by atoms with Gasteiger partial charge in [0.25, 0.3) is 0 Å². The molecule has 0 saturated carbocycles. The second-order valence-electron chi connectivity index (χ2n) is 2.99. The van der Waals surface area contributed by atoms with Gasteiger partial charge in [0.15, 0.2) is 6.29 Å². The molecule has 0 aliphatic rings. The fraction of sp³-hybridized carbons (Fsp3) is 0. The first-order valence-corrected chi connectivity index (χ1v) is 5.73. The zero-order valence-electron chi connectivity index (χ0n) is 7.71. The van der Waals surface area contributed by atoms with Crippen LogP contribution in [0.5, 0.6) is 0 Å². The molecule has 1 heterocycles. The van der Waals surface area contributed by atoms with Gasteiger partial charge in [-0.25, -0.2) is 0 Å². The van der Waals surface area contributed by atoms with E-state index in [1.54, 1.807) is 18.2 Å². The fourth-order valence-corrected chi connectivity index (χ4v) is 2.16. The van der Waals surface area contributed by atoms with Crippen LogP contribution in [-0.4, -0.2) is 11.4 Å². The Hall–Kier alpha value is -0.840. The normalized spacial score (nSPS) is 10.4. The Morgan fingerprint density at radius 1 is 1.25 bits per heavy atom. The van der Waals surface area contributed by atoms with E-state index in [1.807, 2.05) is 0 Å². The number of nitrogens with zero attached hydrogens (tertiary/aromatic N) is 1. The van der Waals surface area contributed by atoms with E-state index in [0.717, 1.165) is 0 Å². The molecule has 0 saturated heterocycles. The Morgan fingerprint density at radius 2 is 1.88 bits per heavy atom. The Kier molecular flexibility index (Phi) is 3.33. The maximum absolute atomic E-state index is 10.9. The van der Waals surface area contributed by atoms with E-state index >= 15 is 0 Å². The number of rotatable bonds is 2. The van der Waals surface area contributed by atoms with Crippen LogP contribution in [0.4, 0.5) is 0 Å². The van der Waals surface area contributed by atoms with Crippen molar-refractivity contribution in [2.75, 3.05) is 0 Å². The Labute approximate surface area is 109 Å². The van der Waals surface area contributed by atoms with Gasteiger partial charge in [-0.3, -0.25) is 4.79 Å². The van der Waals surface area contributed by atoms with Crippen LogP contribution < -0.4 is 0 Å². The number of aldehydes is 1. The molecule has 2 aromatic rings. The molecular formula is C10H4BrCl2NO2. The molecule has 0 atom stereocenters. The molecule has 0 fully saturated rings. The van der Waals surface area contributed by atoms with Crippen molar-refractivity contribution in [2.45, 2.75) is 0 Å². The van der Waals surface area contributed by atoms with Crippen LogP contribution in [0, 0.1) is 0 Å². The summed E-state index contributed by atoms with van der Waals surface area (Å²) in [4.78, 5) is 10.9. The monoisotopic (exact) mass is 319 g/mol. The molecule has 0 aliphatic heterocycles. The van der Waals surface area contributed by atoms with Crippen molar-refractivity contribution in [3.63, 3.8) is 0 Å². The standard InChI is InChI=1S/C10H4BrCl2NO2/c11-10-8(4-15)9(14-16-10)5-1-6(12)3-7(13)2-5/h1-4H. The molecule has 1 aromatic carbocycles. The molecule has 0 aliphatic carbocycles. The smallest absolute Gasteiger partial charge is 0.213 e. The first-order valence-electron chi connectivity index (χ1n) is 4.18. The predicted octanol–water partition coefficient (Wildman–Crippen LogP) is 4.22. The minimum absolute atomic E-state index is 0.286. The Bertz CT molecular complexity index is 533. The molecule has 16 heavy (non-hydrogen) atoms. The summed E-state index contributed by atoms with van der Waals surface area (Å²) in [5.41, 5.74) is 1.37. The highest BCUT2D eigenvalue weighted by atomic mass is 79.9. The van der Waals surface area contributed by atoms with Crippen LogP contribution >= 0.6 is 39.1 Å². The predicted molar refractivity (Wildman–Crippen MR) is 65.0 cm³/mol. The molecule has 3 nitrogen and oxygen atoms in total. The summed E-state index contributed by atoms with van der Waals surface area (Å²) in [6.45, 7) is 0. The molecule has 0 spiro atoms.